The number of rotatable bonds is 31. The van der Waals surface area contributed by atoms with E-state index in [1.807, 2.05) is 0 Å². The topological polar surface area (TPSA) is 569 Å². The van der Waals surface area contributed by atoms with Gasteiger partial charge in [-0.3, -0.25) is 62.5 Å². The molecular weight excluding hydrogens is 1310 g/mol. The summed E-state index contributed by atoms with van der Waals surface area (Å²) >= 11 is 0. The van der Waals surface area contributed by atoms with Crippen LogP contribution >= 0.6 is 21.6 Å². The molecule has 3 heterocycles. The van der Waals surface area contributed by atoms with Gasteiger partial charge in [0.1, 0.15) is 72.5 Å². The SMILES string of the molecule is NC(=O)CC[C@@H]1NC(=O)[C@H](Cc2ccccc2)NC(=O)[C@H](Cc2ccc(OC(=O)CCCCCCCCO[C@@H]3O[C@H](CO)[C@@H](O)[C@H](O)[C@@H]3O)cc2)NC(=O)[C@@H](N)CSSC[C@@H](C(=O)N2CCC[C@H]2C(=O)N[C@@H](CCCN=C(N)N)C(=O)NCC(N)=O)NC(=O)[C@H](CC(N)=O)NC1=O. The molecule has 5 rings (SSSR count). The van der Waals surface area contributed by atoms with E-state index < -0.39 is 182 Å². The molecule has 0 radical (unpaired) electrons. The first kappa shape index (κ1) is 79.5. The van der Waals surface area contributed by atoms with Crippen LogP contribution in [0.5, 0.6) is 5.75 Å². The highest BCUT2D eigenvalue weighted by molar-refractivity contribution is 8.76. The number of nitrogens with one attached hydrogen (secondary N) is 7. The Morgan fingerprint density at radius 3 is 1.91 bits per heavy atom. The third kappa shape index (κ3) is 27.3. The van der Waals surface area contributed by atoms with Gasteiger partial charge in [0.15, 0.2) is 12.2 Å². The summed E-state index contributed by atoms with van der Waals surface area (Å²) in [5, 5.41) is 57.3. The minimum absolute atomic E-state index is 0.0203. The molecule has 3 fully saturated rings. The maximum atomic E-state index is 14.8. The van der Waals surface area contributed by atoms with Crippen LogP contribution in [-0.2, 0) is 79.8 Å². The average Bonchev–Trinajstić information content (AvgIpc) is 1.81. The molecule has 36 heteroatoms. The van der Waals surface area contributed by atoms with Gasteiger partial charge in [-0.15, -0.1) is 0 Å². The number of likely N-dealkylation sites (tertiary alicyclic amines) is 1. The Bertz CT molecular complexity index is 3030. The number of benzene rings is 2. The molecule has 0 bridgehead atoms. The first-order valence-corrected chi connectivity index (χ1v) is 34.3. The molecule has 2 aromatic rings. The Kier molecular flexibility index (Phi) is 33.7. The molecule has 0 aliphatic carbocycles. The molecule has 13 atom stereocenters. The van der Waals surface area contributed by atoms with Gasteiger partial charge in [0, 0.05) is 56.9 Å². The smallest absolute Gasteiger partial charge is 0.311 e. The maximum absolute atomic E-state index is 14.8. The molecule has 0 spiro atoms. The van der Waals surface area contributed by atoms with E-state index in [-0.39, 0.29) is 87.9 Å². The highest BCUT2D eigenvalue weighted by atomic mass is 33.1. The summed E-state index contributed by atoms with van der Waals surface area (Å²) in [6.45, 7) is -0.877. The van der Waals surface area contributed by atoms with Crippen molar-refractivity contribution in [2.24, 2.45) is 39.4 Å². The summed E-state index contributed by atoms with van der Waals surface area (Å²) in [6.07, 6.45) is -4.21. The molecule has 11 amide bonds. The number of aliphatic imine (C=N–C) groups is 1. The summed E-state index contributed by atoms with van der Waals surface area (Å²) in [7, 11) is 1.95. The average molecular weight is 1400 g/mol. The van der Waals surface area contributed by atoms with Crippen molar-refractivity contribution in [2.75, 3.05) is 44.4 Å². The number of unbranched alkanes of at least 4 members (excludes halogenated alkanes) is 5. The number of ether oxygens (including phenoxy) is 3. The Hall–Kier alpha value is -8.23. The third-order valence-electron chi connectivity index (χ3n) is 15.8. The predicted octanol–water partition coefficient (Wildman–Crippen LogP) is -5.66. The maximum Gasteiger partial charge on any atom is 0.311 e. The Labute approximate surface area is 567 Å². The van der Waals surface area contributed by atoms with Gasteiger partial charge in [-0.05, 0) is 68.2 Å². The molecule has 23 N–H and O–H groups in total. The number of amides is 11. The lowest BCUT2D eigenvalue weighted by Gasteiger charge is -2.39. The van der Waals surface area contributed by atoms with Crippen LogP contribution in [0.4, 0.5) is 0 Å². The second-order valence-corrected chi connectivity index (χ2v) is 26.0. The minimum Gasteiger partial charge on any atom is -0.427 e. The van der Waals surface area contributed by atoms with Gasteiger partial charge in [-0.25, -0.2) is 0 Å². The van der Waals surface area contributed by atoms with Gasteiger partial charge in [0.2, 0.25) is 65.0 Å². The van der Waals surface area contributed by atoms with E-state index in [1.54, 1.807) is 42.5 Å². The van der Waals surface area contributed by atoms with E-state index in [4.69, 9.17) is 48.6 Å². The molecule has 536 valence electrons. The lowest BCUT2D eigenvalue weighted by Crippen LogP contribution is -2.61. The highest BCUT2D eigenvalue weighted by Crippen LogP contribution is 2.27. The first-order valence-electron chi connectivity index (χ1n) is 31.8. The largest absolute Gasteiger partial charge is 0.427 e. The number of nitrogens with zero attached hydrogens (tertiary/aromatic N) is 2. The molecular formula is C61H91N15O19S2. The van der Waals surface area contributed by atoms with E-state index in [0.29, 0.717) is 30.4 Å². The van der Waals surface area contributed by atoms with Crippen molar-refractivity contribution in [3.8, 4) is 5.75 Å². The second-order valence-electron chi connectivity index (χ2n) is 23.5. The number of aliphatic hydroxyl groups is 4. The summed E-state index contributed by atoms with van der Waals surface area (Å²) in [4.78, 5) is 168. The van der Waals surface area contributed by atoms with Gasteiger partial charge in [0.25, 0.3) is 0 Å². The van der Waals surface area contributed by atoms with Crippen LogP contribution in [0.1, 0.15) is 101 Å². The van der Waals surface area contributed by atoms with E-state index in [0.717, 1.165) is 40.9 Å². The highest BCUT2D eigenvalue weighted by Gasteiger charge is 2.45. The van der Waals surface area contributed by atoms with Gasteiger partial charge in [-0.2, -0.15) is 0 Å². The Morgan fingerprint density at radius 2 is 1.27 bits per heavy atom. The van der Waals surface area contributed by atoms with E-state index in [1.165, 1.54) is 17.0 Å². The zero-order valence-corrected chi connectivity index (χ0v) is 55.2. The summed E-state index contributed by atoms with van der Waals surface area (Å²) < 4.78 is 16.5. The van der Waals surface area contributed by atoms with Gasteiger partial charge in [0.05, 0.1) is 25.6 Å². The van der Waals surface area contributed by atoms with Crippen molar-refractivity contribution in [3.63, 3.8) is 0 Å². The standard InChI is InChI=1S/C61H91N15O19S2/c62-36-31-96-97-32-42(59(92)76-24-11-15-43(76)58(91)71-37(14-10-23-68-61(66)67)53(86)69-29-47(65)80)75-57(90)41(28-46(64)79)74-54(87)38(21-22-45(63)78)70-55(88)40(26-33-12-6-5-7-13-33)73-56(89)39(72-52(36)85)27-34-17-19-35(20-18-34)94-48(81)16-8-3-1-2-4-9-25-93-60-51(84)50(83)49(82)44(30-77)95-60/h5-7,12-13,17-20,36-44,49-51,60,77,82-84H,1-4,8-11,14-16,21-32,62H2,(H2,63,78)(H2,64,79)(H2,65,80)(H,69,86)(H,70,88)(H,71,91)(H,72,85)(H,73,89)(H,74,87)(H,75,90)(H4,66,67,68)/t36-,37-,38-,39-,40-,41-,42-,43-,44+,49+,50-,51-,60+/m0/s1. The lowest BCUT2D eigenvalue weighted by molar-refractivity contribution is -0.301. The summed E-state index contributed by atoms with van der Waals surface area (Å²) in [5.41, 5.74) is 34.6. The summed E-state index contributed by atoms with van der Waals surface area (Å²) in [6, 6.07) is 2.63. The van der Waals surface area contributed by atoms with Crippen molar-refractivity contribution in [1.29, 1.82) is 0 Å². The Morgan fingerprint density at radius 1 is 0.670 bits per heavy atom. The zero-order chi connectivity index (χ0) is 71.1. The van der Waals surface area contributed by atoms with Crippen molar-refractivity contribution in [3.05, 3.63) is 65.7 Å². The van der Waals surface area contributed by atoms with Crippen LogP contribution in [0, 0.1) is 0 Å². The van der Waals surface area contributed by atoms with E-state index >= 15 is 0 Å². The molecule has 3 aliphatic heterocycles. The molecule has 97 heavy (non-hydrogen) atoms. The van der Waals surface area contributed by atoms with Crippen LogP contribution in [0.3, 0.4) is 0 Å². The molecule has 3 saturated heterocycles. The molecule has 0 aromatic heterocycles. The van der Waals surface area contributed by atoms with Crippen molar-refractivity contribution < 1.29 is 92.2 Å². The number of aliphatic hydroxyl groups excluding tert-OH is 4. The monoisotopic (exact) mass is 1400 g/mol. The van der Waals surface area contributed by atoms with E-state index in [9.17, 15) is 78.0 Å². The van der Waals surface area contributed by atoms with Crippen molar-refractivity contribution in [2.45, 2.75) is 182 Å². The van der Waals surface area contributed by atoms with E-state index in [2.05, 4.69) is 42.2 Å². The predicted molar refractivity (Wildman–Crippen MR) is 352 cm³/mol. The zero-order valence-electron chi connectivity index (χ0n) is 53.6. The number of carbonyl (C=O) groups excluding carboxylic acids is 12. The normalized spacial score (nSPS) is 24.9. The summed E-state index contributed by atoms with van der Waals surface area (Å²) in [5.74, 6) is -11.2. The first-order chi connectivity index (χ1) is 46.2. The number of hydrogen-bond acceptors (Lipinski definition) is 23. The van der Waals surface area contributed by atoms with Crippen molar-refractivity contribution >= 4 is 98.5 Å². The number of primary amides is 3. The van der Waals surface area contributed by atoms with Gasteiger partial charge < -0.3 is 111 Å². The van der Waals surface area contributed by atoms with Crippen molar-refractivity contribution in [1.82, 2.24) is 42.1 Å². The molecule has 3 aliphatic rings. The molecule has 0 saturated carbocycles. The molecule has 0 unspecified atom stereocenters. The van der Waals surface area contributed by atoms with Crippen LogP contribution < -0.4 is 76.4 Å². The number of hydrogen-bond donors (Lipinski definition) is 17. The van der Waals surface area contributed by atoms with Gasteiger partial charge >= 0.3 is 5.97 Å². The van der Waals surface area contributed by atoms with Crippen LogP contribution in [0.2, 0.25) is 0 Å². The second kappa shape index (κ2) is 41.1. The van der Waals surface area contributed by atoms with Crippen LogP contribution in [0.15, 0.2) is 59.6 Å². The quantitative estimate of drug-likeness (QED) is 0.00835. The lowest BCUT2D eigenvalue weighted by atomic mass is 9.99. The fraction of sp³-hybridized carbons (Fsp3) is 0.590. The fourth-order valence-corrected chi connectivity index (χ4v) is 12.8. The molecule has 2 aromatic carbocycles. The fourth-order valence-electron chi connectivity index (χ4n) is 10.5. The van der Waals surface area contributed by atoms with Crippen LogP contribution in [-0.4, -0.2) is 226 Å². The third-order valence-corrected chi connectivity index (χ3v) is 18.2. The number of esters is 1. The Balaban J connectivity index is 1.34. The van der Waals surface area contributed by atoms with Crippen LogP contribution in [0.25, 0.3) is 0 Å². The number of nitrogens with two attached hydrogens (primary N) is 6. The van der Waals surface area contributed by atoms with Gasteiger partial charge in [-0.1, -0.05) is 89.7 Å². The minimum atomic E-state index is -1.83. The number of carbonyl (C=O) groups is 12. The number of guanidine groups is 1. The molecule has 34 nitrogen and oxygen atoms in total.